The second-order valence-electron chi connectivity index (χ2n) is 4.71. The molecule has 1 rings (SSSR count). The number of furan rings is 1. The third-order valence-electron chi connectivity index (χ3n) is 2.43. The maximum atomic E-state index is 12.0. The summed E-state index contributed by atoms with van der Waals surface area (Å²) in [7, 11) is 0. The minimum Gasteiger partial charge on any atom is -0.469 e. The molecule has 3 heteroatoms. The highest BCUT2D eigenvalue weighted by molar-refractivity contribution is 5.85. The molecule has 0 amide bonds. The van der Waals surface area contributed by atoms with Crippen LogP contribution in [0, 0.1) is 5.92 Å². The van der Waals surface area contributed by atoms with Crippen LogP contribution in [0.3, 0.4) is 0 Å². The normalized spacial score (nSPS) is 12.6. The van der Waals surface area contributed by atoms with Gasteiger partial charge >= 0.3 is 0 Å². The van der Waals surface area contributed by atoms with E-state index in [-0.39, 0.29) is 25.2 Å². The largest absolute Gasteiger partial charge is 0.469 e. The average Bonchev–Trinajstić information content (AvgIpc) is 2.67. The highest BCUT2D eigenvalue weighted by Crippen LogP contribution is 2.09. The Morgan fingerprint density at radius 3 is 2.41 bits per heavy atom. The van der Waals surface area contributed by atoms with Crippen LogP contribution in [0.1, 0.15) is 40.9 Å². The minimum absolute atomic E-state index is 0. The van der Waals surface area contributed by atoms with Gasteiger partial charge in [-0.25, -0.2) is 0 Å². The Labute approximate surface area is 105 Å². The van der Waals surface area contributed by atoms with Gasteiger partial charge in [-0.15, -0.1) is 0 Å². The van der Waals surface area contributed by atoms with Gasteiger partial charge in [-0.1, -0.05) is 35.1 Å². The Bertz CT molecular complexity index is 315. The molecule has 1 N–H and O–H groups in total. The summed E-state index contributed by atoms with van der Waals surface area (Å²) in [5.41, 5.74) is 0. The molecule has 1 heterocycles. The zero-order chi connectivity index (χ0) is 12.1. The highest BCUT2D eigenvalue weighted by atomic mass is 16.3. The van der Waals surface area contributed by atoms with Crippen LogP contribution in [-0.4, -0.2) is 17.9 Å². The first-order valence-corrected chi connectivity index (χ1v) is 5.83. The standard InChI is InChI=1S/C13H21NO2.CH4/c1-9(2)13(15)12(14-10(3)4)8-11-6-5-7-16-11;/h5-7,9-10,12,14H,8H2,1-4H3;1H4. The van der Waals surface area contributed by atoms with Crippen molar-refractivity contribution in [3.05, 3.63) is 24.2 Å². The lowest BCUT2D eigenvalue weighted by Crippen LogP contribution is -2.44. The summed E-state index contributed by atoms with van der Waals surface area (Å²) in [6, 6.07) is 3.90. The number of ketones is 1. The fourth-order valence-corrected chi connectivity index (χ4v) is 1.68. The Morgan fingerprint density at radius 2 is 2.00 bits per heavy atom. The maximum Gasteiger partial charge on any atom is 0.152 e. The maximum absolute atomic E-state index is 12.0. The number of hydrogen-bond donors (Lipinski definition) is 1. The summed E-state index contributed by atoms with van der Waals surface area (Å²) in [6.45, 7) is 7.95. The third-order valence-corrected chi connectivity index (χ3v) is 2.43. The van der Waals surface area contributed by atoms with Crippen LogP contribution in [0.5, 0.6) is 0 Å². The quantitative estimate of drug-likeness (QED) is 0.829. The molecular formula is C14H25NO2. The summed E-state index contributed by atoms with van der Waals surface area (Å²) >= 11 is 0. The zero-order valence-electron chi connectivity index (χ0n) is 10.5. The van der Waals surface area contributed by atoms with Gasteiger partial charge in [-0.2, -0.15) is 0 Å². The molecule has 0 spiro atoms. The molecule has 0 aliphatic rings. The summed E-state index contributed by atoms with van der Waals surface area (Å²) in [5, 5.41) is 3.29. The van der Waals surface area contributed by atoms with E-state index in [1.165, 1.54) is 0 Å². The molecule has 0 fully saturated rings. The molecule has 1 atom stereocenters. The monoisotopic (exact) mass is 239 g/mol. The van der Waals surface area contributed by atoms with E-state index in [1.54, 1.807) is 6.26 Å². The van der Waals surface area contributed by atoms with Crippen LogP contribution < -0.4 is 5.32 Å². The minimum atomic E-state index is -0.147. The average molecular weight is 239 g/mol. The van der Waals surface area contributed by atoms with Gasteiger partial charge in [0.25, 0.3) is 0 Å². The summed E-state index contributed by atoms with van der Waals surface area (Å²) in [6.07, 6.45) is 2.27. The van der Waals surface area contributed by atoms with Gasteiger partial charge in [0.05, 0.1) is 12.3 Å². The second kappa shape index (κ2) is 7.28. The molecule has 0 bridgehead atoms. The van der Waals surface area contributed by atoms with Crippen molar-refractivity contribution in [2.45, 2.75) is 53.6 Å². The molecule has 1 aromatic heterocycles. The molecule has 17 heavy (non-hydrogen) atoms. The van der Waals surface area contributed by atoms with E-state index in [4.69, 9.17) is 4.42 Å². The molecule has 0 aromatic carbocycles. The Balaban J connectivity index is 0.00000256. The van der Waals surface area contributed by atoms with Crippen molar-refractivity contribution < 1.29 is 9.21 Å². The van der Waals surface area contributed by atoms with Gasteiger partial charge in [0.2, 0.25) is 0 Å². The molecule has 98 valence electrons. The predicted octanol–water partition coefficient (Wildman–Crippen LogP) is 3.05. The SMILES string of the molecule is C.CC(C)NC(Cc1ccco1)C(=O)C(C)C. The highest BCUT2D eigenvalue weighted by Gasteiger charge is 2.22. The van der Waals surface area contributed by atoms with Gasteiger partial charge in [0.1, 0.15) is 5.76 Å². The first kappa shape index (κ1) is 15.9. The Morgan fingerprint density at radius 1 is 1.35 bits per heavy atom. The van der Waals surface area contributed by atoms with Crippen molar-refractivity contribution in [3.63, 3.8) is 0 Å². The van der Waals surface area contributed by atoms with E-state index in [9.17, 15) is 4.79 Å². The molecule has 1 unspecified atom stereocenters. The van der Waals surface area contributed by atoms with Gasteiger partial charge in [-0.3, -0.25) is 4.79 Å². The first-order valence-electron chi connectivity index (χ1n) is 5.83. The van der Waals surface area contributed by atoms with Gasteiger partial charge in [0.15, 0.2) is 5.78 Å². The lowest BCUT2D eigenvalue weighted by atomic mass is 9.97. The van der Waals surface area contributed by atoms with E-state index in [0.29, 0.717) is 12.5 Å². The van der Waals surface area contributed by atoms with E-state index in [0.717, 1.165) is 5.76 Å². The van der Waals surface area contributed by atoms with E-state index in [1.807, 2.05) is 39.8 Å². The molecule has 0 saturated heterocycles. The molecule has 0 aliphatic carbocycles. The van der Waals surface area contributed by atoms with Crippen molar-refractivity contribution in [2.75, 3.05) is 0 Å². The zero-order valence-corrected chi connectivity index (χ0v) is 10.5. The van der Waals surface area contributed by atoms with Crippen molar-refractivity contribution in [1.82, 2.24) is 5.32 Å². The summed E-state index contributed by atoms with van der Waals surface area (Å²) in [5.74, 6) is 1.14. The van der Waals surface area contributed by atoms with Crippen molar-refractivity contribution in [2.24, 2.45) is 5.92 Å². The van der Waals surface area contributed by atoms with E-state index in [2.05, 4.69) is 5.32 Å². The third kappa shape index (κ3) is 5.18. The van der Waals surface area contributed by atoms with E-state index < -0.39 is 0 Å². The van der Waals surface area contributed by atoms with Gasteiger partial charge < -0.3 is 9.73 Å². The second-order valence-corrected chi connectivity index (χ2v) is 4.71. The summed E-state index contributed by atoms with van der Waals surface area (Å²) in [4.78, 5) is 12.0. The van der Waals surface area contributed by atoms with Crippen LogP contribution in [0.15, 0.2) is 22.8 Å². The topological polar surface area (TPSA) is 42.2 Å². The predicted molar refractivity (Wildman–Crippen MR) is 71.0 cm³/mol. The fraction of sp³-hybridized carbons (Fsp3) is 0.643. The number of carbonyl (C=O) groups excluding carboxylic acids is 1. The number of rotatable bonds is 6. The lowest BCUT2D eigenvalue weighted by Gasteiger charge is -2.21. The Hall–Kier alpha value is -1.09. The molecule has 3 nitrogen and oxygen atoms in total. The smallest absolute Gasteiger partial charge is 0.152 e. The first-order chi connectivity index (χ1) is 7.50. The van der Waals surface area contributed by atoms with Crippen LogP contribution >= 0.6 is 0 Å². The molecule has 1 aromatic rings. The number of Topliss-reactive ketones (excluding diaryl/α,β-unsaturated/α-hetero) is 1. The Kier molecular flexibility index (Phi) is 6.81. The van der Waals surface area contributed by atoms with Crippen LogP contribution in [0.25, 0.3) is 0 Å². The number of carbonyl (C=O) groups is 1. The molecule has 0 aliphatic heterocycles. The van der Waals surface area contributed by atoms with Crippen LogP contribution in [0.2, 0.25) is 0 Å². The van der Waals surface area contributed by atoms with Crippen molar-refractivity contribution in [1.29, 1.82) is 0 Å². The van der Waals surface area contributed by atoms with Gasteiger partial charge in [0, 0.05) is 18.4 Å². The number of nitrogens with one attached hydrogen (secondary N) is 1. The molecule has 0 saturated carbocycles. The van der Waals surface area contributed by atoms with Crippen molar-refractivity contribution >= 4 is 5.78 Å². The lowest BCUT2D eigenvalue weighted by molar-refractivity contribution is -0.124. The van der Waals surface area contributed by atoms with E-state index >= 15 is 0 Å². The van der Waals surface area contributed by atoms with Gasteiger partial charge in [-0.05, 0) is 12.1 Å². The van der Waals surface area contributed by atoms with Crippen molar-refractivity contribution in [3.8, 4) is 0 Å². The van der Waals surface area contributed by atoms with Crippen LogP contribution in [-0.2, 0) is 11.2 Å². The molecule has 0 radical (unpaired) electrons. The molecular weight excluding hydrogens is 214 g/mol. The number of hydrogen-bond acceptors (Lipinski definition) is 3. The summed E-state index contributed by atoms with van der Waals surface area (Å²) < 4.78 is 5.28. The van der Waals surface area contributed by atoms with Crippen LogP contribution in [0.4, 0.5) is 0 Å². The fourth-order valence-electron chi connectivity index (χ4n) is 1.68.